The highest BCUT2D eigenvalue weighted by atomic mass is 15.2. The highest BCUT2D eigenvalue weighted by molar-refractivity contribution is 5.61. The predicted octanol–water partition coefficient (Wildman–Crippen LogP) is 2.04. The summed E-state index contributed by atoms with van der Waals surface area (Å²) in [5, 5.41) is 9.16. The first-order valence-corrected chi connectivity index (χ1v) is 6.11. The summed E-state index contributed by atoms with van der Waals surface area (Å²) in [5.41, 5.74) is 9.03. The van der Waals surface area contributed by atoms with Crippen LogP contribution < -0.4 is 10.6 Å². The normalized spacial score (nSPS) is 24.5. The lowest BCUT2D eigenvalue weighted by Crippen LogP contribution is -2.46. The Morgan fingerprint density at radius 3 is 2.82 bits per heavy atom. The van der Waals surface area contributed by atoms with Crippen molar-refractivity contribution in [2.75, 3.05) is 18.0 Å². The lowest BCUT2D eigenvalue weighted by atomic mass is 9.95. The van der Waals surface area contributed by atoms with E-state index < -0.39 is 0 Å². The summed E-state index contributed by atoms with van der Waals surface area (Å²) in [6, 6.07) is 8.45. The molecule has 1 aliphatic rings. The minimum Gasteiger partial charge on any atom is -0.369 e. The second-order valence-corrected chi connectivity index (χ2v) is 5.14. The molecule has 3 nitrogen and oxygen atoms in total. The Morgan fingerprint density at radius 2 is 2.18 bits per heavy atom. The van der Waals surface area contributed by atoms with E-state index in [4.69, 9.17) is 11.0 Å². The van der Waals surface area contributed by atoms with Crippen molar-refractivity contribution >= 4 is 5.69 Å². The van der Waals surface area contributed by atoms with E-state index in [0.29, 0.717) is 5.92 Å². The highest BCUT2D eigenvalue weighted by Crippen LogP contribution is 2.26. The molecule has 1 fully saturated rings. The Morgan fingerprint density at radius 1 is 1.41 bits per heavy atom. The molecule has 0 amide bonds. The van der Waals surface area contributed by atoms with E-state index in [2.05, 4.69) is 30.9 Å². The second-order valence-electron chi connectivity index (χ2n) is 5.14. The Kier molecular flexibility index (Phi) is 3.35. The molecular weight excluding hydrogens is 210 g/mol. The summed E-state index contributed by atoms with van der Waals surface area (Å²) in [5.74, 6) is 0.589. The third kappa shape index (κ3) is 2.59. The molecule has 90 valence electrons. The third-order valence-electron chi connectivity index (χ3n) is 3.31. The summed E-state index contributed by atoms with van der Waals surface area (Å²) in [4.78, 5) is 2.25. The first-order valence-electron chi connectivity index (χ1n) is 6.11. The van der Waals surface area contributed by atoms with Crippen LogP contribution in [0.15, 0.2) is 18.2 Å². The van der Waals surface area contributed by atoms with Crippen LogP contribution in [0.5, 0.6) is 0 Å². The maximum atomic E-state index is 9.16. The SMILES string of the molecule is Cc1ccc(C#N)c(N2CC(C)CC(N)C2)c1. The summed E-state index contributed by atoms with van der Waals surface area (Å²) in [7, 11) is 0. The summed E-state index contributed by atoms with van der Waals surface area (Å²) in [6.07, 6.45) is 1.07. The van der Waals surface area contributed by atoms with Gasteiger partial charge < -0.3 is 10.6 Å². The molecule has 3 heteroatoms. The van der Waals surface area contributed by atoms with Crippen LogP contribution in [0, 0.1) is 24.2 Å². The minimum absolute atomic E-state index is 0.214. The molecule has 2 unspecified atom stereocenters. The van der Waals surface area contributed by atoms with Crippen molar-refractivity contribution in [3.8, 4) is 6.07 Å². The smallest absolute Gasteiger partial charge is 0.101 e. The fourth-order valence-electron chi connectivity index (χ4n) is 2.59. The highest BCUT2D eigenvalue weighted by Gasteiger charge is 2.23. The van der Waals surface area contributed by atoms with E-state index in [0.717, 1.165) is 30.8 Å². The standard InChI is InChI=1S/C14H19N3/c1-10-3-4-12(7-15)14(6-10)17-8-11(2)5-13(16)9-17/h3-4,6,11,13H,5,8-9,16H2,1-2H3. The Labute approximate surface area is 103 Å². The molecule has 17 heavy (non-hydrogen) atoms. The monoisotopic (exact) mass is 229 g/mol. The summed E-state index contributed by atoms with van der Waals surface area (Å²) < 4.78 is 0. The van der Waals surface area contributed by atoms with E-state index in [1.54, 1.807) is 0 Å². The van der Waals surface area contributed by atoms with Gasteiger partial charge in [0, 0.05) is 19.1 Å². The maximum absolute atomic E-state index is 9.16. The van der Waals surface area contributed by atoms with E-state index in [9.17, 15) is 0 Å². The fourth-order valence-corrected chi connectivity index (χ4v) is 2.59. The quantitative estimate of drug-likeness (QED) is 0.801. The number of piperidine rings is 1. The van der Waals surface area contributed by atoms with Crippen molar-refractivity contribution in [2.24, 2.45) is 11.7 Å². The number of rotatable bonds is 1. The van der Waals surface area contributed by atoms with E-state index in [1.165, 1.54) is 5.56 Å². The van der Waals surface area contributed by atoms with Gasteiger partial charge in [0.25, 0.3) is 0 Å². The van der Waals surface area contributed by atoms with Crippen LogP contribution in [0.25, 0.3) is 0 Å². The van der Waals surface area contributed by atoms with Gasteiger partial charge in [-0.15, -0.1) is 0 Å². The number of nitrogens with two attached hydrogens (primary N) is 1. The van der Waals surface area contributed by atoms with Gasteiger partial charge in [0.15, 0.2) is 0 Å². The summed E-state index contributed by atoms with van der Waals surface area (Å²) in [6.45, 7) is 6.11. The van der Waals surface area contributed by atoms with Crippen molar-refractivity contribution in [1.29, 1.82) is 5.26 Å². The predicted molar refractivity (Wildman–Crippen MR) is 69.9 cm³/mol. The van der Waals surface area contributed by atoms with Gasteiger partial charge in [-0.2, -0.15) is 5.26 Å². The van der Waals surface area contributed by atoms with Gasteiger partial charge >= 0.3 is 0 Å². The van der Waals surface area contributed by atoms with Gasteiger partial charge in [-0.3, -0.25) is 0 Å². The van der Waals surface area contributed by atoms with Crippen molar-refractivity contribution in [3.63, 3.8) is 0 Å². The lowest BCUT2D eigenvalue weighted by molar-refractivity contribution is 0.401. The zero-order valence-corrected chi connectivity index (χ0v) is 10.5. The number of nitrogens with zero attached hydrogens (tertiary/aromatic N) is 2. The summed E-state index contributed by atoms with van der Waals surface area (Å²) >= 11 is 0. The van der Waals surface area contributed by atoms with E-state index in [-0.39, 0.29) is 6.04 Å². The van der Waals surface area contributed by atoms with Crippen LogP contribution in [-0.2, 0) is 0 Å². The molecule has 1 aromatic carbocycles. The van der Waals surface area contributed by atoms with Crippen molar-refractivity contribution in [1.82, 2.24) is 0 Å². The van der Waals surface area contributed by atoms with Gasteiger partial charge in [0.05, 0.1) is 11.3 Å². The molecule has 0 bridgehead atoms. The number of anilines is 1. The molecule has 0 spiro atoms. The Hall–Kier alpha value is -1.53. The van der Waals surface area contributed by atoms with Crippen molar-refractivity contribution in [2.45, 2.75) is 26.3 Å². The number of nitriles is 1. The molecule has 2 rings (SSSR count). The van der Waals surface area contributed by atoms with Crippen LogP contribution in [0.2, 0.25) is 0 Å². The number of benzene rings is 1. The van der Waals surface area contributed by atoms with Crippen LogP contribution in [0.4, 0.5) is 5.69 Å². The second kappa shape index (κ2) is 4.77. The van der Waals surface area contributed by atoms with Gasteiger partial charge in [-0.25, -0.2) is 0 Å². The van der Waals surface area contributed by atoms with Gasteiger partial charge in [0.1, 0.15) is 6.07 Å². The fraction of sp³-hybridized carbons (Fsp3) is 0.500. The molecule has 0 saturated carbocycles. The topological polar surface area (TPSA) is 53.0 Å². The minimum atomic E-state index is 0.214. The first kappa shape index (κ1) is 11.9. The zero-order chi connectivity index (χ0) is 12.4. The van der Waals surface area contributed by atoms with Crippen LogP contribution in [0.1, 0.15) is 24.5 Å². The van der Waals surface area contributed by atoms with Gasteiger partial charge in [-0.05, 0) is 37.0 Å². The Balaban J connectivity index is 2.33. The number of hydrogen-bond donors (Lipinski definition) is 1. The van der Waals surface area contributed by atoms with Gasteiger partial charge in [0.2, 0.25) is 0 Å². The molecule has 1 aromatic rings. The Bertz CT molecular complexity index is 437. The molecule has 1 heterocycles. The van der Waals surface area contributed by atoms with E-state index >= 15 is 0 Å². The molecule has 2 N–H and O–H groups in total. The molecule has 1 saturated heterocycles. The van der Waals surface area contributed by atoms with Crippen molar-refractivity contribution < 1.29 is 0 Å². The lowest BCUT2D eigenvalue weighted by Gasteiger charge is -2.37. The zero-order valence-electron chi connectivity index (χ0n) is 10.5. The molecule has 0 aromatic heterocycles. The van der Waals surface area contributed by atoms with E-state index in [1.807, 2.05) is 12.1 Å². The average Bonchev–Trinajstić information content (AvgIpc) is 2.27. The van der Waals surface area contributed by atoms with Crippen molar-refractivity contribution in [3.05, 3.63) is 29.3 Å². The number of hydrogen-bond acceptors (Lipinski definition) is 3. The maximum Gasteiger partial charge on any atom is 0.101 e. The largest absolute Gasteiger partial charge is 0.369 e. The van der Waals surface area contributed by atoms with Crippen LogP contribution >= 0.6 is 0 Å². The molecule has 0 aliphatic carbocycles. The molecular formula is C14H19N3. The van der Waals surface area contributed by atoms with Crippen LogP contribution in [0.3, 0.4) is 0 Å². The molecule has 2 atom stereocenters. The molecule has 1 aliphatic heterocycles. The van der Waals surface area contributed by atoms with Crippen LogP contribution in [-0.4, -0.2) is 19.1 Å². The number of aryl methyl sites for hydroxylation is 1. The van der Waals surface area contributed by atoms with Gasteiger partial charge in [-0.1, -0.05) is 13.0 Å². The third-order valence-corrected chi connectivity index (χ3v) is 3.31. The first-order chi connectivity index (χ1) is 8.10. The molecule has 0 radical (unpaired) electrons. The average molecular weight is 229 g/mol.